The van der Waals surface area contributed by atoms with Crippen LogP contribution in [0.2, 0.25) is 0 Å². The number of halogens is 1. The Morgan fingerprint density at radius 2 is 1.85 bits per heavy atom. The molecule has 17 nitrogen and oxygen atoms in total. The normalized spacial score (nSPS) is 30.0. The Balaban J connectivity index is 2.32. The van der Waals surface area contributed by atoms with Crippen LogP contribution in [0.15, 0.2) is 15.9 Å². The van der Waals surface area contributed by atoms with E-state index in [9.17, 15) is 38.2 Å². The van der Waals surface area contributed by atoms with Crippen LogP contribution >= 0.6 is 23.5 Å². The molecule has 0 radical (unpaired) electrons. The summed E-state index contributed by atoms with van der Waals surface area (Å²) in [4.78, 5) is 64.0. The lowest BCUT2D eigenvalue weighted by Gasteiger charge is -2.25. The van der Waals surface area contributed by atoms with Crippen LogP contribution in [0.1, 0.15) is 20.1 Å². The number of aliphatic hydroxyl groups is 1. The number of aliphatic hydroxyl groups excluding tert-OH is 1. The summed E-state index contributed by atoms with van der Waals surface area (Å²) < 4.78 is 67.0. The zero-order valence-electron chi connectivity index (χ0n) is 16.4. The zero-order chi connectivity index (χ0) is 25.4. The maximum Gasteiger partial charge on any atom is 0.490 e. The average Bonchev–Trinajstić information content (AvgIpc) is 2.83. The molecule has 0 bridgehead atoms. The highest BCUT2D eigenvalue weighted by molar-refractivity contribution is 7.66. The molecule has 21 heteroatoms. The Kier molecular flexibility index (Phi) is 8.04. The minimum atomic E-state index is -5.83. The lowest BCUT2D eigenvalue weighted by Crippen LogP contribution is -2.46. The molecule has 7 atom stereocenters. The summed E-state index contributed by atoms with van der Waals surface area (Å²) in [5.41, 5.74) is -5.32. The SMILES string of the molecule is CC#CC1(F)[C@@H](O)[C@@H]([C@@H](C)OP(=O)(O)OP(=O)(O)OP(=O)(O)O)O[C@H]1n1cnc(=O)[nH]c1=O. The molecule has 186 valence electrons. The van der Waals surface area contributed by atoms with Crippen LogP contribution < -0.4 is 11.4 Å². The second kappa shape index (κ2) is 9.59. The molecule has 0 spiro atoms. The summed E-state index contributed by atoms with van der Waals surface area (Å²) in [6, 6.07) is 0. The van der Waals surface area contributed by atoms with E-state index in [-0.39, 0.29) is 0 Å². The van der Waals surface area contributed by atoms with Crippen molar-refractivity contribution in [1.82, 2.24) is 14.5 Å². The molecule has 0 saturated carbocycles. The predicted octanol–water partition coefficient (Wildman–Crippen LogP) is -1.35. The quantitative estimate of drug-likeness (QED) is 0.165. The van der Waals surface area contributed by atoms with Crippen molar-refractivity contribution in [2.75, 3.05) is 0 Å². The maximum atomic E-state index is 15.6. The predicted molar refractivity (Wildman–Crippen MR) is 101 cm³/mol. The Morgan fingerprint density at radius 3 is 2.36 bits per heavy atom. The van der Waals surface area contributed by atoms with Gasteiger partial charge in [-0.25, -0.2) is 27.7 Å². The second-order valence-electron chi connectivity index (χ2n) is 6.33. The van der Waals surface area contributed by atoms with E-state index >= 15 is 4.39 Å². The van der Waals surface area contributed by atoms with Crippen LogP contribution in [0.5, 0.6) is 0 Å². The zero-order valence-corrected chi connectivity index (χ0v) is 19.1. The van der Waals surface area contributed by atoms with Crippen molar-refractivity contribution in [1.29, 1.82) is 0 Å². The standard InChI is InChI=1S/C12H17FN3O14P3/c1-3-4-12(13)8(17)7(27-9(12)16-5-14-10(18)15-11(16)19)6(2)28-32(23,24)30-33(25,26)29-31(20,21)22/h5-9,17H,1-2H3,(H,23,24)(H,25,26)(H,15,18,19)(H2,20,21,22)/t6-,7-,8+,9-,12?/m1/s1. The van der Waals surface area contributed by atoms with Gasteiger partial charge in [0.25, 0.3) is 0 Å². The van der Waals surface area contributed by atoms with Gasteiger partial charge in [0.2, 0.25) is 5.67 Å². The third-order valence-electron chi connectivity index (χ3n) is 3.88. The molecule has 33 heavy (non-hydrogen) atoms. The van der Waals surface area contributed by atoms with E-state index in [0.29, 0.717) is 10.9 Å². The molecule has 0 aliphatic carbocycles. The van der Waals surface area contributed by atoms with Crippen LogP contribution in [0, 0.1) is 11.8 Å². The lowest BCUT2D eigenvalue weighted by atomic mass is 9.94. The van der Waals surface area contributed by atoms with E-state index in [2.05, 4.69) is 24.0 Å². The molecule has 2 heterocycles. The van der Waals surface area contributed by atoms with E-state index < -0.39 is 65.1 Å². The van der Waals surface area contributed by atoms with Crippen molar-refractivity contribution in [3.63, 3.8) is 0 Å². The van der Waals surface area contributed by atoms with Gasteiger partial charge in [-0.2, -0.15) is 13.6 Å². The summed E-state index contributed by atoms with van der Waals surface area (Å²) in [6.45, 7) is 2.10. The molecule has 0 aromatic carbocycles. The molecule has 1 aliphatic rings. The summed E-state index contributed by atoms with van der Waals surface area (Å²) in [7, 11) is -17.1. The molecule has 1 aromatic heterocycles. The summed E-state index contributed by atoms with van der Waals surface area (Å²) in [5.74, 6) is 4.16. The molecular formula is C12H17FN3O14P3. The number of nitrogens with one attached hydrogen (secondary N) is 1. The first-order valence-electron chi connectivity index (χ1n) is 8.37. The fourth-order valence-electron chi connectivity index (χ4n) is 2.76. The molecule has 1 aliphatic heterocycles. The highest BCUT2D eigenvalue weighted by atomic mass is 31.3. The highest BCUT2D eigenvalue weighted by Gasteiger charge is 2.60. The topological polar surface area (TPSA) is 257 Å². The van der Waals surface area contributed by atoms with Crippen molar-refractivity contribution in [2.24, 2.45) is 0 Å². The fourth-order valence-corrected chi connectivity index (χ4v) is 5.96. The number of H-pyrrole nitrogens is 1. The van der Waals surface area contributed by atoms with Crippen LogP contribution in [0.3, 0.4) is 0 Å². The minimum absolute atomic E-state index is 0.437. The number of hydrogen-bond donors (Lipinski definition) is 6. The van der Waals surface area contributed by atoms with Gasteiger partial charge < -0.3 is 29.4 Å². The smallest absolute Gasteiger partial charge is 0.386 e. The number of nitrogens with zero attached hydrogens (tertiary/aromatic N) is 2. The monoisotopic (exact) mass is 539 g/mol. The van der Waals surface area contributed by atoms with Gasteiger partial charge in [0, 0.05) is 0 Å². The van der Waals surface area contributed by atoms with Crippen molar-refractivity contribution in [3.8, 4) is 11.8 Å². The second-order valence-corrected chi connectivity index (χ2v) is 10.7. The third kappa shape index (κ3) is 6.74. The van der Waals surface area contributed by atoms with E-state index in [4.69, 9.17) is 14.5 Å². The van der Waals surface area contributed by atoms with E-state index in [1.165, 1.54) is 6.92 Å². The van der Waals surface area contributed by atoms with E-state index in [1.54, 1.807) is 4.98 Å². The van der Waals surface area contributed by atoms with Gasteiger partial charge in [-0.3, -0.25) is 14.1 Å². The van der Waals surface area contributed by atoms with Gasteiger partial charge in [-0.1, -0.05) is 5.92 Å². The van der Waals surface area contributed by atoms with E-state index in [1.807, 2.05) is 5.92 Å². The molecular weight excluding hydrogens is 522 g/mol. The summed E-state index contributed by atoms with van der Waals surface area (Å²) in [6.07, 6.45) is -7.44. The Hall–Kier alpha value is -1.57. The molecule has 0 amide bonds. The molecule has 6 N–H and O–H groups in total. The first-order chi connectivity index (χ1) is 14.9. The maximum absolute atomic E-state index is 15.6. The van der Waals surface area contributed by atoms with E-state index in [0.717, 1.165) is 6.92 Å². The number of rotatable bonds is 8. The first-order valence-corrected chi connectivity index (χ1v) is 12.9. The summed E-state index contributed by atoms with van der Waals surface area (Å²) >= 11 is 0. The largest absolute Gasteiger partial charge is 0.490 e. The van der Waals surface area contributed by atoms with Crippen LogP contribution in [-0.2, 0) is 31.6 Å². The van der Waals surface area contributed by atoms with Crippen molar-refractivity contribution >= 4 is 23.5 Å². The average molecular weight is 539 g/mol. The number of aromatic nitrogens is 3. The van der Waals surface area contributed by atoms with Gasteiger partial charge in [0.15, 0.2) is 6.23 Å². The number of phosphoric acid groups is 3. The Morgan fingerprint density at radius 1 is 1.24 bits per heavy atom. The fraction of sp³-hybridized carbons (Fsp3) is 0.583. The summed E-state index contributed by atoms with van der Waals surface area (Å²) in [5, 5.41) is 10.4. The molecule has 2 rings (SSSR count). The Bertz CT molecular complexity index is 1220. The van der Waals surface area contributed by atoms with Crippen LogP contribution in [0.4, 0.5) is 4.39 Å². The van der Waals surface area contributed by atoms with Crippen LogP contribution in [-0.4, -0.2) is 63.2 Å². The molecule has 3 unspecified atom stereocenters. The number of hydrogen-bond acceptors (Lipinski definition) is 11. The molecule has 1 fully saturated rings. The van der Waals surface area contributed by atoms with Gasteiger partial charge >= 0.3 is 34.8 Å². The van der Waals surface area contributed by atoms with Crippen LogP contribution in [0.25, 0.3) is 0 Å². The van der Waals surface area contributed by atoms with Gasteiger partial charge in [0.1, 0.15) is 18.5 Å². The highest BCUT2D eigenvalue weighted by Crippen LogP contribution is 2.66. The minimum Gasteiger partial charge on any atom is -0.386 e. The number of aromatic amines is 1. The first kappa shape index (κ1) is 27.7. The van der Waals surface area contributed by atoms with Crippen molar-refractivity contribution in [3.05, 3.63) is 27.3 Å². The Labute approximate surface area is 182 Å². The molecule has 1 saturated heterocycles. The lowest BCUT2D eigenvalue weighted by molar-refractivity contribution is -0.0785. The third-order valence-corrected chi connectivity index (χ3v) is 7.81. The van der Waals surface area contributed by atoms with Crippen molar-refractivity contribution in [2.45, 2.75) is 44.1 Å². The van der Waals surface area contributed by atoms with Gasteiger partial charge in [-0.05, 0) is 13.8 Å². The number of ether oxygens (including phenoxy) is 1. The van der Waals surface area contributed by atoms with Gasteiger partial charge in [0.05, 0.1) is 6.10 Å². The molecule has 1 aromatic rings. The number of phosphoric ester groups is 1. The van der Waals surface area contributed by atoms with Gasteiger partial charge in [-0.15, -0.1) is 5.92 Å². The van der Waals surface area contributed by atoms with Crippen molar-refractivity contribution < 1.29 is 60.6 Å². The number of alkyl halides is 1.